The van der Waals surface area contributed by atoms with Gasteiger partial charge >= 0.3 is 0 Å². The van der Waals surface area contributed by atoms with Gasteiger partial charge in [0.05, 0.1) is 6.10 Å². The molecule has 0 heterocycles. The summed E-state index contributed by atoms with van der Waals surface area (Å²) < 4.78 is 0. The van der Waals surface area contributed by atoms with Gasteiger partial charge in [-0.3, -0.25) is 0 Å². The highest BCUT2D eigenvalue weighted by Crippen LogP contribution is 2.57. The van der Waals surface area contributed by atoms with E-state index in [4.69, 9.17) is 0 Å². The summed E-state index contributed by atoms with van der Waals surface area (Å²) in [5.41, 5.74) is 0. The van der Waals surface area contributed by atoms with Crippen molar-refractivity contribution in [1.29, 1.82) is 0 Å². The van der Waals surface area contributed by atoms with E-state index in [1.54, 1.807) is 0 Å². The van der Waals surface area contributed by atoms with Crippen LogP contribution in [0.2, 0.25) is 0 Å². The van der Waals surface area contributed by atoms with Crippen molar-refractivity contribution in [1.82, 2.24) is 0 Å². The zero-order valence-electron chi connectivity index (χ0n) is 6.87. The quantitative estimate of drug-likeness (QED) is 0.561. The van der Waals surface area contributed by atoms with E-state index in [1.807, 2.05) is 0 Å². The third-order valence-corrected chi connectivity index (χ3v) is 4.24. The van der Waals surface area contributed by atoms with Crippen molar-refractivity contribution in [3.8, 4) is 0 Å². The molecule has 11 heavy (non-hydrogen) atoms. The lowest BCUT2D eigenvalue weighted by atomic mass is 9.70. The lowest BCUT2D eigenvalue weighted by Crippen LogP contribution is -2.32. The predicted octanol–water partition coefficient (Wildman–Crippen LogP) is 1.80. The van der Waals surface area contributed by atoms with Crippen molar-refractivity contribution in [2.75, 3.05) is 0 Å². The SMILES string of the molecule is OC1CC2CC3CC(C1)C2C3. The van der Waals surface area contributed by atoms with E-state index in [1.165, 1.54) is 19.3 Å². The monoisotopic (exact) mass is 152 g/mol. The van der Waals surface area contributed by atoms with E-state index < -0.39 is 0 Å². The summed E-state index contributed by atoms with van der Waals surface area (Å²) in [4.78, 5) is 0. The van der Waals surface area contributed by atoms with Gasteiger partial charge in [0, 0.05) is 0 Å². The van der Waals surface area contributed by atoms with Crippen LogP contribution >= 0.6 is 0 Å². The molecule has 0 spiro atoms. The van der Waals surface area contributed by atoms with Gasteiger partial charge in [-0.15, -0.1) is 0 Å². The van der Waals surface area contributed by atoms with Crippen LogP contribution in [0.25, 0.3) is 0 Å². The lowest BCUT2D eigenvalue weighted by Gasteiger charge is -2.37. The normalized spacial score (nSPS) is 60.3. The fourth-order valence-electron chi connectivity index (χ4n) is 3.99. The Balaban J connectivity index is 1.87. The molecule has 0 aliphatic heterocycles. The smallest absolute Gasteiger partial charge is 0.0545 e. The maximum atomic E-state index is 9.55. The van der Waals surface area contributed by atoms with Crippen LogP contribution in [0.1, 0.15) is 32.1 Å². The van der Waals surface area contributed by atoms with E-state index in [9.17, 15) is 5.11 Å². The van der Waals surface area contributed by atoms with Gasteiger partial charge in [0.1, 0.15) is 0 Å². The van der Waals surface area contributed by atoms with Gasteiger partial charge in [-0.1, -0.05) is 0 Å². The summed E-state index contributed by atoms with van der Waals surface area (Å²) in [5.74, 6) is 3.93. The number of hydrogen-bond acceptors (Lipinski definition) is 1. The van der Waals surface area contributed by atoms with Gasteiger partial charge in [0.2, 0.25) is 0 Å². The largest absolute Gasteiger partial charge is 0.393 e. The molecule has 3 saturated carbocycles. The van der Waals surface area contributed by atoms with Crippen molar-refractivity contribution in [2.24, 2.45) is 23.7 Å². The minimum Gasteiger partial charge on any atom is -0.393 e. The Labute approximate surface area is 67.8 Å². The second kappa shape index (κ2) is 2.01. The first-order valence-electron chi connectivity index (χ1n) is 5.01. The van der Waals surface area contributed by atoms with Crippen LogP contribution < -0.4 is 0 Å². The number of aliphatic hydroxyl groups excluding tert-OH is 1. The third kappa shape index (κ3) is 0.807. The molecule has 0 aromatic rings. The molecular formula is C10H16O. The number of fused-ring (bicyclic) bond motifs is 1. The van der Waals surface area contributed by atoms with E-state index in [2.05, 4.69) is 0 Å². The zero-order valence-corrected chi connectivity index (χ0v) is 6.87. The van der Waals surface area contributed by atoms with Crippen molar-refractivity contribution in [2.45, 2.75) is 38.2 Å². The third-order valence-electron chi connectivity index (χ3n) is 4.24. The zero-order chi connectivity index (χ0) is 7.42. The average Bonchev–Trinajstić information content (AvgIpc) is 2.41. The Morgan fingerprint density at radius 3 is 2.00 bits per heavy atom. The Kier molecular flexibility index (Phi) is 1.18. The van der Waals surface area contributed by atoms with Gasteiger partial charge in [-0.25, -0.2) is 0 Å². The van der Waals surface area contributed by atoms with E-state index in [0.717, 1.165) is 36.5 Å². The molecule has 0 radical (unpaired) electrons. The van der Waals surface area contributed by atoms with Gasteiger partial charge in [0.25, 0.3) is 0 Å². The molecule has 2 bridgehead atoms. The molecule has 1 nitrogen and oxygen atoms in total. The molecule has 1 N–H and O–H groups in total. The highest BCUT2D eigenvalue weighted by Gasteiger charge is 2.49. The summed E-state index contributed by atoms with van der Waals surface area (Å²) in [5, 5.41) is 9.55. The average molecular weight is 152 g/mol. The van der Waals surface area contributed by atoms with Crippen LogP contribution in [0, 0.1) is 23.7 Å². The van der Waals surface area contributed by atoms with Gasteiger partial charge in [-0.2, -0.15) is 0 Å². The lowest BCUT2D eigenvalue weighted by molar-refractivity contribution is 0.0319. The molecule has 3 aliphatic rings. The molecule has 2 atom stereocenters. The Hall–Kier alpha value is -0.0400. The molecule has 0 aromatic heterocycles. The Morgan fingerprint density at radius 2 is 1.45 bits per heavy atom. The highest BCUT2D eigenvalue weighted by atomic mass is 16.3. The van der Waals surface area contributed by atoms with E-state index in [0.29, 0.717) is 0 Å². The van der Waals surface area contributed by atoms with E-state index in [-0.39, 0.29) is 6.10 Å². The minimum atomic E-state index is 0.0558. The number of rotatable bonds is 0. The summed E-state index contributed by atoms with van der Waals surface area (Å²) in [6.45, 7) is 0. The first kappa shape index (κ1) is 6.47. The molecule has 3 aliphatic carbocycles. The molecule has 0 amide bonds. The maximum Gasteiger partial charge on any atom is 0.0545 e. The minimum absolute atomic E-state index is 0.0558. The fourth-order valence-corrected chi connectivity index (χ4v) is 3.99. The van der Waals surface area contributed by atoms with Crippen molar-refractivity contribution < 1.29 is 5.11 Å². The van der Waals surface area contributed by atoms with Gasteiger partial charge in [0.15, 0.2) is 0 Å². The molecule has 62 valence electrons. The van der Waals surface area contributed by atoms with Crippen molar-refractivity contribution in [3.05, 3.63) is 0 Å². The van der Waals surface area contributed by atoms with Crippen LogP contribution in [-0.2, 0) is 0 Å². The summed E-state index contributed by atoms with van der Waals surface area (Å²) in [7, 11) is 0. The van der Waals surface area contributed by atoms with Crippen LogP contribution in [0.4, 0.5) is 0 Å². The number of aliphatic hydroxyl groups is 1. The Morgan fingerprint density at radius 1 is 0.818 bits per heavy atom. The second-order valence-electron chi connectivity index (χ2n) is 4.88. The van der Waals surface area contributed by atoms with E-state index >= 15 is 0 Å². The molecular weight excluding hydrogens is 136 g/mol. The first-order chi connectivity index (χ1) is 5.33. The predicted molar refractivity (Wildman–Crippen MR) is 43.1 cm³/mol. The molecule has 3 rings (SSSR count). The fraction of sp³-hybridized carbons (Fsp3) is 1.00. The molecule has 3 fully saturated rings. The van der Waals surface area contributed by atoms with Gasteiger partial charge < -0.3 is 5.11 Å². The maximum absolute atomic E-state index is 9.55. The Bertz CT molecular complexity index is 162. The van der Waals surface area contributed by atoms with Crippen LogP contribution in [0.5, 0.6) is 0 Å². The van der Waals surface area contributed by atoms with Crippen LogP contribution in [0.3, 0.4) is 0 Å². The highest BCUT2D eigenvalue weighted by molar-refractivity contribution is 4.99. The molecule has 2 unspecified atom stereocenters. The molecule has 0 aromatic carbocycles. The standard InChI is InChI=1S/C10H16O/c11-9-4-7-1-6-2-8(5-9)10(7)3-6/h6-11H,1-5H2. The summed E-state index contributed by atoms with van der Waals surface area (Å²) in [6, 6.07) is 0. The molecule has 0 saturated heterocycles. The van der Waals surface area contributed by atoms with Gasteiger partial charge in [-0.05, 0) is 55.8 Å². The molecule has 1 heteroatoms. The summed E-state index contributed by atoms with van der Waals surface area (Å²) in [6.07, 6.45) is 6.69. The summed E-state index contributed by atoms with van der Waals surface area (Å²) >= 11 is 0. The van der Waals surface area contributed by atoms with Crippen LogP contribution in [-0.4, -0.2) is 11.2 Å². The number of hydrogen-bond donors (Lipinski definition) is 1. The second-order valence-corrected chi connectivity index (χ2v) is 4.88. The van der Waals surface area contributed by atoms with Crippen molar-refractivity contribution >= 4 is 0 Å². The van der Waals surface area contributed by atoms with Crippen LogP contribution in [0.15, 0.2) is 0 Å². The first-order valence-corrected chi connectivity index (χ1v) is 5.01. The van der Waals surface area contributed by atoms with Crippen molar-refractivity contribution in [3.63, 3.8) is 0 Å². The topological polar surface area (TPSA) is 20.2 Å².